The topological polar surface area (TPSA) is 91.0 Å². The fourth-order valence-corrected chi connectivity index (χ4v) is 2.60. The Labute approximate surface area is 131 Å². The molecule has 23 heavy (non-hydrogen) atoms. The van der Waals surface area contributed by atoms with Crippen molar-refractivity contribution in [3.63, 3.8) is 0 Å². The van der Waals surface area contributed by atoms with Gasteiger partial charge in [-0.3, -0.25) is 14.9 Å². The van der Waals surface area contributed by atoms with Crippen LogP contribution in [0.5, 0.6) is 0 Å². The SMILES string of the molecule is O=C(Nc1ncn[nH]1)C1CCN(C(=O)c2ccc(F)cc2)CC1. The molecular formula is C15H16FN5O2. The number of halogens is 1. The summed E-state index contributed by atoms with van der Waals surface area (Å²) in [6.07, 6.45) is 2.47. The monoisotopic (exact) mass is 317 g/mol. The highest BCUT2D eigenvalue weighted by Crippen LogP contribution is 2.20. The van der Waals surface area contributed by atoms with Gasteiger partial charge >= 0.3 is 0 Å². The molecule has 1 aliphatic rings. The van der Waals surface area contributed by atoms with E-state index in [9.17, 15) is 14.0 Å². The van der Waals surface area contributed by atoms with Gasteiger partial charge < -0.3 is 4.90 Å². The molecule has 1 aliphatic heterocycles. The summed E-state index contributed by atoms with van der Waals surface area (Å²) in [6.45, 7) is 0.982. The van der Waals surface area contributed by atoms with Gasteiger partial charge in [-0.2, -0.15) is 10.1 Å². The maximum atomic E-state index is 12.9. The Morgan fingerprint density at radius 3 is 2.52 bits per heavy atom. The second-order valence-electron chi connectivity index (χ2n) is 5.40. The maximum Gasteiger partial charge on any atom is 0.253 e. The molecule has 120 valence electrons. The van der Waals surface area contributed by atoms with E-state index in [1.54, 1.807) is 4.90 Å². The summed E-state index contributed by atoms with van der Waals surface area (Å²) in [5.41, 5.74) is 0.455. The zero-order chi connectivity index (χ0) is 16.2. The quantitative estimate of drug-likeness (QED) is 0.896. The van der Waals surface area contributed by atoms with Crippen LogP contribution in [0.25, 0.3) is 0 Å². The van der Waals surface area contributed by atoms with Gasteiger partial charge in [0.2, 0.25) is 11.9 Å². The van der Waals surface area contributed by atoms with Crippen molar-refractivity contribution in [2.45, 2.75) is 12.8 Å². The van der Waals surface area contributed by atoms with Crippen LogP contribution in [-0.2, 0) is 4.79 Å². The van der Waals surface area contributed by atoms with Crippen LogP contribution in [0.15, 0.2) is 30.6 Å². The number of likely N-dealkylation sites (tertiary alicyclic amines) is 1. The molecular weight excluding hydrogens is 301 g/mol. The highest BCUT2D eigenvalue weighted by atomic mass is 19.1. The Morgan fingerprint density at radius 2 is 1.91 bits per heavy atom. The number of nitrogens with zero attached hydrogens (tertiary/aromatic N) is 3. The summed E-state index contributed by atoms with van der Waals surface area (Å²) in [7, 11) is 0. The van der Waals surface area contributed by atoms with Crippen LogP contribution in [0.3, 0.4) is 0 Å². The lowest BCUT2D eigenvalue weighted by atomic mass is 9.95. The minimum atomic E-state index is -0.371. The number of carbonyl (C=O) groups is 2. The fourth-order valence-electron chi connectivity index (χ4n) is 2.60. The van der Waals surface area contributed by atoms with E-state index in [2.05, 4.69) is 20.5 Å². The number of benzene rings is 1. The Hall–Kier alpha value is -2.77. The summed E-state index contributed by atoms with van der Waals surface area (Å²) >= 11 is 0. The van der Waals surface area contributed by atoms with E-state index >= 15 is 0 Å². The summed E-state index contributed by atoms with van der Waals surface area (Å²) in [4.78, 5) is 30.0. The lowest BCUT2D eigenvalue weighted by Gasteiger charge is -2.31. The molecule has 2 heterocycles. The number of hydrogen-bond acceptors (Lipinski definition) is 4. The van der Waals surface area contributed by atoms with Crippen LogP contribution < -0.4 is 5.32 Å². The van der Waals surface area contributed by atoms with Gasteiger partial charge in [0.1, 0.15) is 12.1 Å². The van der Waals surface area contributed by atoms with Crippen molar-refractivity contribution < 1.29 is 14.0 Å². The lowest BCUT2D eigenvalue weighted by molar-refractivity contribution is -0.121. The Bertz CT molecular complexity index is 678. The van der Waals surface area contributed by atoms with E-state index in [0.717, 1.165) is 0 Å². The minimum absolute atomic E-state index is 0.129. The summed E-state index contributed by atoms with van der Waals surface area (Å²) < 4.78 is 12.9. The number of carbonyl (C=O) groups excluding carboxylic acids is 2. The third-order valence-corrected chi connectivity index (χ3v) is 3.90. The van der Waals surface area contributed by atoms with Crippen LogP contribution in [0.2, 0.25) is 0 Å². The van der Waals surface area contributed by atoms with E-state index < -0.39 is 0 Å². The molecule has 3 rings (SSSR count). The number of piperidine rings is 1. The Kier molecular flexibility index (Phi) is 4.31. The fraction of sp³-hybridized carbons (Fsp3) is 0.333. The molecule has 0 bridgehead atoms. The first-order valence-electron chi connectivity index (χ1n) is 7.34. The van der Waals surface area contributed by atoms with Crippen molar-refractivity contribution in [3.05, 3.63) is 42.0 Å². The largest absolute Gasteiger partial charge is 0.339 e. The second kappa shape index (κ2) is 6.55. The normalized spacial score (nSPS) is 15.4. The van der Waals surface area contributed by atoms with E-state index in [-0.39, 0.29) is 23.5 Å². The van der Waals surface area contributed by atoms with Gasteiger partial charge in [-0.1, -0.05) is 0 Å². The van der Waals surface area contributed by atoms with Crippen LogP contribution in [0.4, 0.5) is 10.3 Å². The van der Waals surface area contributed by atoms with E-state index in [1.807, 2.05) is 0 Å². The molecule has 0 unspecified atom stereocenters. The van der Waals surface area contributed by atoms with E-state index in [0.29, 0.717) is 37.4 Å². The zero-order valence-corrected chi connectivity index (χ0v) is 12.3. The van der Waals surface area contributed by atoms with Crippen molar-refractivity contribution in [2.75, 3.05) is 18.4 Å². The van der Waals surface area contributed by atoms with Gasteiger partial charge in [-0.15, -0.1) is 0 Å². The predicted molar refractivity (Wildman–Crippen MR) is 80.0 cm³/mol. The number of H-pyrrole nitrogens is 1. The third-order valence-electron chi connectivity index (χ3n) is 3.90. The average molecular weight is 317 g/mol. The number of amides is 2. The lowest BCUT2D eigenvalue weighted by Crippen LogP contribution is -2.41. The molecule has 2 amide bonds. The molecule has 1 fully saturated rings. The first-order chi connectivity index (χ1) is 11.1. The predicted octanol–water partition coefficient (Wildman–Crippen LogP) is 1.43. The first-order valence-corrected chi connectivity index (χ1v) is 7.34. The Balaban J connectivity index is 1.54. The van der Waals surface area contributed by atoms with Crippen molar-refractivity contribution in [2.24, 2.45) is 5.92 Å². The van der Waals surface area contributed by atoms with Crippen LogP contribution >= 0.6 is 0 Å². The molecule has 1 aromatic carbocycles. The van der Waals surface area contributed by atoms with Gasteiger partial charge in [0.25, 0.3) is 5.91 Å². The summed E-state index contributed by atoms with van der Waals surface area (Å²) in [6, 6.07) is 5.48. The number of nitrogens with one attached hydrogen (secondary N) is 2. The molecule has 8 heteroatoms. The number of aromatic amines is 1. The van der Waals surface area contributed by atoms with Crippen molar-refractivity contribution in [1.29, 1.82) is 0 Å². The molecule has 0 aliphatic carbocycles. The van der Waals surface area contributed by atoms with Crippen LogP contribution in [0.1, 0.15) is 23.2 Å². The number of hydrogen-bond donors (Lipinski definition) is 2. The molecule has 0 radical (unpaired) electrons. The highest BCUT2D eigenvalue weighted by molar-refractivity contribution is 5.95. The average Bonchev–Trinajstić information content (AvgIpc) is 3.08. The maximum absolute atomic E-state index is 12.9. The molecule has 1 saturated heterocycles. The molecule has 1 aromatic heterocycles. The standard InChI is InChI=1S/C15H16FN5O2/c16-12-3-1-11(2-4-12)14(23)21-7-5-10(6-8-21)13(22)19-15-17-9-18-20-15/h1-4,9-10H,5-8H2,(H2,17,18,19,20,22). The van der Waals surface area contributed by atoms with Crippen molar-refractivity contribution in [1.82, 2.24) is 20.1 Å². The summed E-state index contributed by atoms with van der Waals surface area (Å²) in [5.74, 6) is -0.490. The van der Waals surface area contributed by atoms with E-state index in [1.165, 1.54) is 30.6 Å². The van der Waals surface area contributed by atoms with Gasteiger partial charge in [0, 0.05) is 24.6 Å². The van der Waals surface area contributed by atoms with Gasteiger partial charge in [0.15, 0.2) is 0 Å². The second-order valence-corrected chi connectivity index (χ2v) is 5.40. The smallest absolute Gasteiger partial charge is 0.253 e. The molecule has 2 N–H and O–H groups in total. The first kappa shape index (κ1) is 15.1. The van der Waals surface area contributed by atoms with Gasteiger partial charge in [0.05, 0.1) is 0 Å². The molecule has 0 atom stereocenters. The third kappa shape index (κ3) is 3.53. The van der Waals surface area contributed by atoms with Crippen molar-refractivity contribution >= 4 is 17.8 Å². The molecule has 0 saturated carbocycles. The molecule has 7 nitrogen and oxygen atoms in total. The van der Waals surface area contributed by atoms with Crippen LogP contribution in [-0.4, -0.2) is 45.0 Å². The minimum Gasteiger partial charge on any atom is -0.339 e. The highest BCUT2D eigenvalue weighted by Gasteiger charge is 2.28. The zero-order valence-electron chi connectivity index (χ0n) is 12.3. The van der Waals surface area contributed by atoms with Crippen molar-refractivity contribution in [3.8, 4) is 0 Å². The van der Waals surface area contributed by atoms with Gasteiger partial charge in [-0.25, -0.2) is 9.49 Å². The summed E-state index contributed by atoms with van der Waals surface area (Å²) in [5, 5.41) is 8.90. The number of aromatic nitrogens is 3. The molecule has 2 aromatic rings. The number of anilines is 1. The molecule has 0 spiro atoms. The number of rotatable bonds is 3. The Morgan fingerprint density at radius 1 is 1.22 bits per heavy atom. The van der Waals surface area contributed by atoms with Crippen LogP contribution in [0, 0.1) is 11.7 Å². The van der Waals surface area contributed by atoms with E-state index in [4.69, 9.17) is 0 Å². The van der Waals surface area contributed by atoms with Gasteiger partial charge in [-0.05, 0) is 37.1 Å².